The van der Waals surface area contributed by atoms with Crippen LogP contribution in [0, 0.1) is 17.9 Å². The van der Waals surface area contributed by atoms with Gasteiger partial charge in [0.25, 0.3) is 0 Å². The molecule has 1 aromatic rings. The molecular formula is C13H14NO. The molecule has 1 aliphatic rings. The van der Waals surface area contributed by atoms with Gasteiger partial charge in [0, 0.05) is 18.7 Å². The summed E-state index contributed by atoms with van der Waals surface area (Å²) >= 11 is 0. The number of ether oxygens (including phenoxy) is 1. The Morgan fingerprint density at radius 1 is 1.27 bits per heavy atom. The van der Waals surface area contributed by atoms with Crippen molar-refractivity contribution in [2.24, 2.45) is 0 Å². The van der Waals surface area contributed by atoms with Gasteiger partial charge in [-0.1, -0.05) is 24.0 Å². The van der Waals surface area contributed by atoms with Crippen molar-refractivity contribution in [3.8, 4) is 11.8 Å². The maximum Gasteiger partial charge on any atom is 0.0606 e. The summed E-state index contributed by atoms with van der Waals surface area (Å²) < 4.78 is 5.27. The lowest BCUT2D eigenvalue weighted by molar-refractivity contribution is 0.0443. The van der Waals surface area contributed by atoms with Crippen LogP contribution < -0.4 is 0 Å². The molecule has 1 saturated heterocycles. The van der Waals surface area contributed by atoms with Crippen LogP contribution >= 0.6 is 0 Å². The summed E-state index contributed by atoms with van der Waals surface area (Å²) in [5.74, 6) is 6.32. The van der Waals surface area contributed by atoms with Crippen molar-refractivity contribution in [2.75, 3.05) is 32.8 Å². The summed E-state index contributed by atoms with van der Waals surface area (Å²) in [7, 11) is 0. The van der Waals surface area contributed by atoms with Crippen molar-refractivity contribution in [3.63, 3.8) is 0 Å². The van der Waals surface area contributed by atoms with E-state index in [1.807, 2.05) is 24.3 Å². The van der Waals surface area contributed by atoms with Crippen molar-refractivity contribution in [1.82, 2.24) is 4.90 Å². The predicted molar refractivity (Wildman–Crippen MR) is 59.4 cm³/mol. The van der Waals surface area contributed by atoms with Gasteiger partial charge in [-0.25, -0.2) is 0 Å². The molecule has 0 spiro atoms. The van der Waals surface area contributed by atoms with Crippen molar-refractivity contribution >= 4 is 0 Å². The van der Waals surface area contributed by atoms with Crippen LogP contribution in [-0.4, -0.2) is 37.7 Å². The summed E-state index contributed by atoms with van der Waals surface area (Å²) in [5.41, 5.74) is 1.06. The highest BCUT2D eigenvalue weighted by Gasteiger charge is 2.07. The number of benzene rings is 1. The zero-order chi connectivity index (χ0) is 10.3. The van der Waals surface area contributed by atoms with Crippen LogP contribution in [0.4, 0.5) is 0 Å². The van der Waals surface area contributed by atoms with E-state index in [2.05, 4.69) is 22.8 Å². The van der Waals surface area contributed by atoms with Crippen LogP contribution in [-0.2, 0) is 4.74 Å². The summed E-state index contributed by atoms with van der Waals surface area (Å²) in [6.07, 6.45) is 0. The quantitative estimate of drug-likeness (QED) is 0.631. The van der Waals surface area contributed by atoms with Crippen LogP contribution in [0.1, 0.15) is 5.56 Å². The van der Waals surface area contributed by atoms with E-state index in [1.54, 1.807) is 0 Å². The molecular weight excluding hydrogens is 186 g/mol. The molecule has 15 heavy (non-hydrogen) atoms. The summed E-state index contributed by atoms with van der Waals surface area (Å²) in [4.78, 5) is 2.31. The highest BCUT2D eigenvalue weighted by atomic mass is 16.5. The molecule has 2 rings (SSSR count). The molecule has 2 heteroatoms. The second-order valence-corrected chi connectivity index (χ2v) is 3.48. The van der Waals surface area contributed by atoms with Gasteiger partial charge in [0.1, 0.15) is 0 Å². The van der Waals surface area contributed by atoms with Gasteiger partial charge in [-0.3, -0.25) is 4.90 Å². The monoisotopic (exact) mass is 200 g/mol. The second kappa shape index (κ2) is 5.55. The smallest absolute Gasteiger partial charge is 0.0606 e. The number of rotatable bonds is 1. The van der Waals surface area contributed by atoms with E-state index in [0.29, 0.717) is 0 Å². The van der Waals surface area contributed by atoms with Crippen molar-refractivity contribution < 1.29 is 4.74 Å². The second-order valence-electron chi connectivity index (χ2n) is 3.48. The van der Waals surface area contributed by atoms with Crippen molar-refractivity contribution in [3.05, 3.63) is 35.9 Å². The molecule has 0 unspecified atom stereocenters. The lowest BCUT2D eigenvalue weighted by Gasteiger charge is -2.24. The molecule has 2 nitrogen and oxygen atoms in total. The highest BCUT2D eigenvalue weighted by molar-refractivity contribution is 5.33. The molecule has 77 valence electrons. The Bertz CT molecular complexity index is 344. The van der Waals surface area contributed by atoms with E-state index in [-0.39, 0.29) is 0 Å². The first kappa shape index (κ1) is 10.2. The Hall–Kier alpha value is -1.30. The molecule has 0 aromatic heterocycles. The number of hydrogen-bond donors (Lipinski definition) is 0. The molecule has 0 aliphatic carbocycles. The molecule has 1 aliphatic heterocycles. The molecule has 0 atom stereocenters. The Labute approximate surface area is 90.9 Å². The fourth-order valence-corrected chi connectivity index (χ4v) is 1.48. The number of morpholine rings is 1. The lowest BCUT2D eigenvalue weighted by atomic mass is 10.2. The minimum absolute atomic E-state index is 0.835. The van der Waals surface area contributed by atoms with Gasteiger partial charge in [0.05, 0.1) is 19.8 Å². The molecule has 0 saturated carbocycles. The van der Waals surface area contributed by atoms with Crippen LogP contribution in [0.5, 0.6) is 0 Å². The van der Waals surface area contributed by atoms with E-state index in [9.17, 15) is 0 Å². The predicted octanol–water partition coefficient (Wildman–Crippen LogP) is 1.17. The van der Waals surface area contributed by atoms with Gasteiger partial charge in [0.15, 0.2) is 0 Å². The van der Waals surface area contributed by atoms with Gasteiger partial charge in [-0.2, -0.15) is 0 Å². The Morgan fingerprint density at radius 2 is 2.00 bits per heavy atom. The summed E-state index contributed by atoms with van der Waals surface area (Å²) in [5, 5.41) is 0. The van der Waals surface area contributed by atoms with Gasteiger partial charge in [-0.05, 0) is 18.2 Å². The van der Waals surface area contributed by atoms with Crippen molar-refractivity contribution in [2.45, 2.75) is 0 Å². The first-order valence-corrected chi connectivity index (χ1v) is 5.20. The topological polar surface area (TPSA) is 12.5 Å². The minimum atomic E-state index is 0.835. The average Bonchev–Trinajstić information content (AvgIpc) is 2.32. The highest BCUT2D eigenvalue weighted by Crippen LogP contribution is 1.96. The van der Waals surface area contributed by atoms with Crippen LogP contribution in [0.15, 0.2) is 24.3 Å². The molecule has 0 bridgehead atoms. The summed E-state index contributed by atoms with van der Waals surface area (Å²) in [6, 6.07) is 10.7. The molecule has 0 N–H and O–H groups in total. The molecule has 0 amide bonds. The maximum absolute atomic E-state index is 5.27. The lowest BCUT2D eigenvalue weighted by Crippen LogP contribution is -2.36. The maximum atomic E-state index is 5.27. The van der Waals surface area contributed by atoms with Gasteiger partial charge in [0.2, 0.25) is 0 Å². The average molecular weight is 200 g/mol. The van der Waals surface area contributed by atoms with E-state index < -0.39 is 0 Å². The third-order valence-corrected chi connectivity index (χ3v) is 2.36. The normalized spacial score (nSPS) is 16.8. The summed E-state index contributed by atoms with van der Waals surface area (Å²) in [6.45, 7) is 4.50. The third-order valence-electron chi connectivity index (χ3n) is 2.36. The first-order chi connectivity index (χ1) is 7.45. The van der Waals surface area contributed by atoms with Gasteiger partial charge in [-0.15, -0.1) is 0 Å². The van der Waals surface area contributed by atoms with Crippen molar-refractivity contribution in [1.29, 1.82) is 0 Å². The van der Waals surface area contributed by atoms with Crippen LogP contribution in [0.25, 0.3) is 0 Å². The fourth-order valence-electron chi connectivity index (χ4n) is 1.48. The number of nitrogens with zero attached hydrogens (tertiary/aromatic N) is 1. The fraction of sp³-hybridized carbons (Fsp3) is 0.385. The zero-order valence-electron chi connectivity index (χ0n) is 8.70. The Morgan fingerprint density at radius 3 is 2.73 bits per heavy atom. The molecule has 1 fully saturated rings. The van der Waals surface area contributed by atoms with E-state index in [4.69, 9.17) is 4.74 Å². The molecule has 1 radical (unpaired) electrons. The zero-order valence-corrected chi connectivity index (χ0v) is 8.70. The van der Waals surface area contributed by atoms with Crippen LogP contribution in [0.3, 0.4) is 0 Å². The van der Waals surface area contributed by atoms with E-state index in [1.165, 1.54) is 0 Å². The standard InChI is InChI=1S/C13H14NO/c1-2-5-13(6-3-1)7-4-8-14-9-11-15-12-10-14/h2-3,5-6H,8-12H2. The minimum Gasteiger partial charge on any atom is -0.379 e. The SMILES string of the molecule is C(#Cc1cc[c]cc1)CN1CCOCC1. The van der Waals surface area contributed by atoms with E-state index in [0.717, 1.165) is 38.4 Å². The first-order valence-electron chi connectivity index (χ1n) is 5.20. The molecule has 1 aromatic carbocycles. The van der Waals surface area contributed by atoms with Crippen LogP contribution in [0.2, 0.25) is 0 Å². The Kier molecular flexibility index (Phi) is 3.78. The third kappa shape index (κ3) is 3.39. The van der Waals surface area contributed by atoms with Gasteiger partial charge < -0.3 is 4.74 Å². The number of hydrogen-bond acceptors (Lipinski definition) is 2. The molecule has 1 heterocycles. The van der Waals surface area contributed by atoms with Gasteiger partial charge >= 0.3 is 0 Å². The largest absolute Gasteiger partial charge is 0.379 e. The Balaban J connectivity index is 1.84. The van der Waals surface area contributed by atoms with E-state index >= 15 is 0 Å².